The van der Waals surface area contributed by atoms with Gasteiger partial charge >= 0.3 is 0 Å². The van der Waals surface area contributed by atoms with Gasteiger partial charge in [0.25, 0.3) is 0 Å². The van der Waals surface area contributed by atoms with Gasteiger partial charge in [0.1, 0.15) is 0 Å². The molecule has 2 aromatic heterocycles. The summed E-state index contributed by atoms with van der Waals surface area (Å²) in [6.45, 7) is 2.97. The van der Waals surface area contributed by atoms with Gasteiger partial charge in [-0.05, 0) is 42.6 Å². The van der Waals surface area contributed by atoms with Crippen LogP contribution in [0.4, 0.5) is 0 Å². The van der Waals surface area contributed by atoms with E-state index in [1.165, 1.54) is 15.8 Å². The Bertz CT molecular complexity index is 686. The number of fused-ring (bicyclic) bond motifs is 1. The number of halogens is 1. The van der Waals surface area contributed by atoms with Crippen molar-refractivity contribution in [3.05, 3.63) is 57.9 Å². The van der Waals surface area contributed by atoms with Crippen LogP contribution in [0.5, 0.6) is 0 Å². The van der Waals surface area contributed by atoms with Gasteiger partial charge in [-0.2, -0.15) is 0 Å². The molecular formula is C16H17ClN2S. The fourth-order valence-electron chi connectivity index (χ4n) is 2.37. The van der Waals surface area contributed by atoms with Crippen LogP contribution in [-0.4, -0.2) is 11.1 Å². The number of nitrogens with one attached hydrogen (secondary N) is 1. The Morgan fingerprint density at radius 2 is 2.00 bits per heavy atom. The van der Waals surface area contributed by atoms with Gasteiger partial charge in [0.15, 0.2) is 0 Å². The molecule has 3 aromatic rings. The van der Waals surface area contributed by atoms with Gasteiger partial charge in [0.2, 0.25) is 0 Å². The maximum atomic E-state index is 5.91. The lowest BCUT2D eigenvalue weighted by Gasteiger charge is -2.06. The third-order valence-corrected chi connectivity index (χ3v) is 4.59. The Kier molecular flexibility index (Phi) is 4.41. The number of hydrogen-bond donors (Lipinski definition) is 1. The summed E-state index contributed by atoms with van der Waals surface area (Å²) in [5.74, 6) is 0. The molecule has 20 heavy (non-hydrogen) atoms. The van der Waals surface area contributed by atoms with Crippen LogP contribution in [0.15, 0.2) is 48.7 Å². The molecule has 2 nitrogen and oxygen atoms in total. The molecule has 1 N–H and O–H groups in total. The molecule has 0 aliphatic heterocycles. The van der Waals surface area contributed by atoms with E-state index in [-0.39, 0.29) is 0 Å². The Balaban J connectivity index is 1.46. The van der Waals surface area contributed by atoms with E-state index in [2.05, 4.69) is 52.5 Å². The van der Waals surface area contributed by atoms with Gasteiger partial charge in [-0.1, -0.05) is 29.8 Å². The fourth-order valence-corrected chi connectivity index (χ4v) is 3.43. The van der Waals surface area contributed by atoms with E-state index >= 15 is 0 Å². The standard InChI is InChI=1S/C16H17ClN2S/c17-16-7-6-14(20-16)12-18-9-3-10-19-11-8-13-4-1-2-5-15(13)19/h1-2,4-8,11,18H,3,9-10,12H2. The molecule has 0 fully saturated rings. The van der Waals surface area contributed by atoms with Crippen LogP contribution in [0.3, 0.4) is 0 Å². The van der Waals surface area contributed by atoms with Crippen molar-refractivity contribution < 1.29 is 0 Å². The molecule has 0 radical (unpaired) electrons. The highest BCUT2D eigenvalue weighted by Crippen LogP contribution is 2.21. The van der Waals surface area contributed by atoms with Crippen molar-refractivity contribution in [3.63, 3.8) is 0 Å². The van der Waals surface area contributed by atoms with Gasteiger partial charge in [-0.3, -0.25) is 0 Å². The van der Waals surface area contributed by atoms with Crippen molar-refractivity contribution in [2.45, 2.75) is 19.5 Å². The topological polar surface area (TPSA) is 17.0 Å². The average molecular weight is 305 g/mol. The Labute approximate surface area is 128 Å². The Morgan fingerprint density at radius 1 is 1.10 bits per heavy atom. The molecule has 0 saturated carbocycles. The first-order valence-electron chi connectivity index (χ1n) is 6.82. The van der Waals surface area contributed by atoms with Crippen LogP contribution < -0.4 is 5.32 Å². The normalized spacial score (nSPS) is 11.2. The molecule has 0 atom stereocenters. The fraction of sp³-hybridized carbons (Fsp3) is 0.250. The second kappa shape index (κ2) is 6.44. The predicted molar refractivity (Wildman–Crippen MR) is 87.6 cm³/mol. The molecule has 3 rings (SSSR count). The lowest BCUT2D eigenvalue weighted by molar-refractivity contribution is 0.593. The average Bonchev–Trinajstić information content (AvgIpc) is 3.05. The molecule has 0 saturated heterocycles. The van der Waals surface area contributed by atoms with E-state index in [0.29, 0.717) is 0 Å². The van der Waals surface area contributed by atoms with E-state index in [1.807, 2.05) is 6.07 Å². The first-order chi connectivity index (χ1) is 9.83. The molecule has 0 unspecified atom stereocenters. The van der Waals surface area contributed by atoms with E-state index in [0.717, 1.165) is 30.4 Å². The summed E-state index contributed by atoms with van der Waals surface area (Å²) >= 11 is 7.55. The van der Waals surface area contributed by atoms with E-state index in [4.69, 9.17) is 11.6 Å². The highest BCUT2D eigenvalue weighted by Gasteiger charge is 2.00. The van der Waals surface area contributed by atoms with Crippen molar-refractivity contribution in [3.8, 4) is 0 Å². The molecule has 0 bridgehead atoms. The highest BCUT2D eigenvalue weighted by atomic mass is 35.5. The maximum Gasteiger partial charge on any atom is 0.0931 e. The van der Waals surface area contributed by atoms with Gasteiger partial charge in [0, 0.05) is 29.7 Å². The minimum atomic E-state index is 0.862. The summed E-state index contributed by atoms with van der Waals surface area (Å²) in [7, 11) is 0. The second-order valence-corrected chi connectivity index (χ2v) is 6.60. The van der Waals surface area contributed by atoms with Crippen LogP contribution >= 0.6 is 22.9 Å². The zero-order valence-electron chi connectivity index (χ0n) is 11.2. The Morgan fingerprint density at radius 3 is 2.85 bits per heavy atom. The number of para-hydroxylation sites is 1. The zero-order valence-corrected chi connectivity index (χ0v) is 12.8. The zero-order chi connectivity index (χ0) is 13.8. The van der Waals surface area contributed by atoms with Crippen LogP contribution in [0.25, 0.3) is 10.9 Å². The molecule has 0 spiro atoms. The number of benzene rings is 1. The van der Waals surface area contributed by atoms with Crippen LogP contribution in [-0.2, 0) is 13.1 Å². The predicted octanol–water partition coefficient (Wildman–Crippen LogP) is 4.54. The largest absolute Gasteiger partial charge is 0.347 e. The molecule has 4 heteroatoms. The molecular weight excluding hydrogens is 288 g/mol. The highest BCUT2D eigenvalue weighted by molar-refractivity contribution is 7.16. The SMILES string of the molecule is Clc1ccc(CNCCCn2ccc3ccccc32)s1. The smallest absolute Gasteiger partial charge is 0.0931 e. The van der Waals surface area contributed by atoms with Crippen molar-refractivity contribution in [1.82, 2.24) is 9.88 Å². The molecule has 1 aromatic carbocycles. The Hall–Kier alpha value is -1.29. The molecule has 0 amide bonds. The second-order valence-electron chi connectivity index (χ2n) is 4.80. The number of aromatic nitrogens is 1. The summed E-state index contributed by atoms with van der Waals surface area (Å²) in [6, 6.07) is 14.7. The third kappa shape index (κ3) is 3.23. The van der Waals surface area contributed by atoms with Crippen molar-refractivity contribution in [2.24, 2.45) is 0 Å². The van der Waals surface area contributed by atoms with E-state index < -0.39 is 0 Å². The monoisotopic (exact) mass is 304 g/mol. The van der Waals surface area contributed by atoms with Crippen molar-refractivity contribution in [1.29, 1.82) is 0 Å². The summed E-state index contributed by atoms with van der Waals surface area (Å²) < 4.78 is 3.18. The molecule has 0 aliphatic carbocycles. The minimum absolute atomic E-state index is 0.862. The van der Waals surface area contributed by atoms with Crippen molar-refractivity contribution in [2.75, 3.05) is 6.54 Å². The van der Waals surface area contributed by atoms with E-state index in [1.54, 1.807) is 11.3 Å². The minimum Gasteiger partial charge on any atom is -0.347 e. The van der Waals surface area contributed by atoms with Gasteiger partial charge < -0.3 is 9.88 Å². The molecule has 0 aliphatic rings. The first-order valence-corrected chi connectivity index (χ1v) is 8.01. The summed E-state index contributed by atoms with van der Waals surface area (Å²) in [6.07, 6.45) is 3.29. The lowest BCUT2D eigenvalue weighted by Crippen LogP contribution is -2.15. The molecule has 2 heterocycles. The van der Waals surface area contributed by atoms with Gasteiger partial charge in [0.05, 0.1) is 4.34 Å². The maximum absolute atomic E-state index is 5.91. The summed E-state index contributed by atoms with van der Waals surface area (Å²) in [5, 5.41) is 4.78. The third-order valence-electron chi connectivity index (χ3n) is 3.36. The van der Waals surface area contributed by atoms with Crippen LogP contribution in [0.2, 0.25) is 4.34 Å². The number of thiophene rings is 1. The van der Waals surface area contributed by atoms with Crippen molar-refractivity contribution >= 4 is 33.8 Å². The quantitative estimate of drug-likeness (QED) is 0.662. The van der Waals surface area contributed by atoms with Gasteiger partial charge in [-0.15, -0.1) is 11.3 Å². The van der Waals surface area contributed by atoms with Gasteiger partial charge in [-0.25, -0.2) is 0 Å². The lowest BCUT2D eigenvalue weighted by atomic mass is 10.2. The first kappa shape index (κ1) is 13.7. The number of nitrogens with zero attached hydrogens (tertiary/aromatic N) is 1. The summed E-state index contributed by atoms with van der Waals surface area (Å²) in [5.41, 5.74) is 1.32. The summed E-state index contributed by atoms with van der Waals surface area (Å²) in [4.78, 5) is 1.29. The number of aryl methyl sites for hydroxylation is 1. The molecule has 104 valence electrons. The number of hydrogen-bond acceptors (Lipinski definition) is 2. The number of rotatable bonds is 6. The van der Waals surface area contributed by atoms with E-state index in [9.17, 15) is 0 Å². The van der Waals surface area contributed by atoms with Crippen LogP contribution in [0, 0.1) is 0 Å². The van der Waals surface area contributed by atoms with Crippen LogP contribution in [0.1, 0.15) is 11.3 Å².